The number of rotatable bonds is 4. The highest BCUT2D eigenvalue weighted by atomic mass is 35.5. The van der Waals surface area contributed by atoms with E-state index < -0.39 is 0 Å². The molecule has 0 fully saturated rings. The number of benzene rings is 1. The van der Waals surface area contributed by atoms with E-state index in [0.29, 0.717) is 0 Å². The van der Waals surface area contributed by atoms with Crippen LogP contribution in [0.25, 0.3) is 10.2 Å². The summed E-state index contributed by atoms with van der Waals surface area (Å²) in [7, 11) is 1.65. The van der Waals surface area contributed by atoms with Crippen LogP contribution < -0.4 is 10.1 Å². The number of hydrogen-bond donors (Lipinski definition) is 1. The van der Waals surface area contributed by atoms with Gasteiger partial charge in [-0.05, 0) is 25.0 Å². The van der Waals surface area contributed by atoms with Crippen LogP contribution in [0.2, 0.25) is 5.02 Å². The van der Waals surface area contributed by atoms with E-state index in [1.807, 2.05) is 13.0 Å². The lowest BCUT2D eigenvalue weighted by atomic mass is 10.2. The lowest BCUT2D eigenvalue weighted by Gasteiger charge is -2.04. The fourth-order valence-electron chi connectivity index (χ4n) is 1.61. The number of thiazole rings is 1. The molecule has 5 heteroatoms. The predicted octanol–water partition coefficient (Wildman–Crippen LogP) is 4.09. The van der Waals surface area contributed by atoms with Gasteiger partial charge in [-0.25, -0.2) is 4.98 Å². The SMILES string of the molecule is CCCNc1nc2c(OC)cc(C)c(Cl)c2s1. The molecule has 0 unspecified atom stereocenters. The van der Waals surface area contributed by atoms with Gasteiger partial charge < -0.3 is 10.1 Å². The maximum atomic E-state index is 6.29. The van der Waals surface area contributed by atoms with Crippen LogP contribution in [0.3, 0.4) is 0 Å². The van der Waals surface area contributed by atoms with Crippen LogP contribution in [0.5, 0.6) is 5.75 Å². The summed E-state index contributed by atoms with van der Waals surface area (Å²) in [5.41, 5.74) is 1.86. The van der Waals surface area contributed by atoms with Crippen molar-refractivity contribution in [2.45, 2.75) is 20.3 Å². The third-order valence-corrected chi connectivity index (χ3v) is 4.13. The van der Waals surface area contributed by atoms with Crippen LogP contribution in [0.4, 0.5) is 5.13 Å². The van der Waals surface area contributed by atoms with Gasteiger partial charge >= 0.3 is 0 Å². The summed E-state index contributed by atoms with van der Waals surface area (Å²) in [6, 6.07) is 1.92. The van der Waals surface area contributed by atoms with Crippen molar-refractivity contribution in [1.29, 1.82) is 0 Å². The standard InChI is InChI=1S/C12H15ClN2OS/c1-4-5-14-12-15-10-8(16-3)6-7(2)9(13)11(10)17-12/h6H,4-5H2,1-3H3,(H,14,15). The fourth-order valence-corrected chi connectivity index (χ4v) is 2.86. The number of aromatic nitrogens is 1. The summed E-state index contributed by atoms with van der Waals surface area (Å²) in [6.45, 7) is 5.01. The van der Waals surface area contributed by atoms with Crippen LogP contribution in [-0.4, -0.2) is 18.6 Å². The third kappa shape index (κ3) is 2.33. The molecule has 2 aromatic rings. The molecule has 0 spiro atoms. The first-order valence-corrected chi connectivity index (χ1v) is 6.74. The second-order valence-corrected chi connectivity index (χ2v) is 5.21. The van der Waals surface area contributed by atoms with Crippen molar-refractivity contribution >= 4 is 38.3 Å². The molecule has 1 aromatic heterocycles. The summed E-state index contributed by atoms with van der Waals surface area (Å²) >= 11 is 7.86. The van der Waals surface area contributed by atoms with Gasteiger partial charge in [0, 0.05) is 6.54 Å². The molecule has 17 heavy (non-hydrogen) atoms. The van der Waals surface area contributed by atoms with Crippen LogP contribution >= 0.6 is 22.9 Å². The maximum absolute atomic E-state index is 6.29. The molecule has 1 aromatic carbocycles. The van der Waals surface area contributed by atoms with Crippen molar-refractivity contribution in [2.24, 2.45) is 0 Å². The number of nitrogens with one attached hydrogen (secondary N) is 1. The minimum Gasteiger partial charge on any atom is -0.494 e. The summed E-state index contributed by atoms with van der Waals surface area (Å²) in [5.74, 6) is 0.780. The highest BCUT2D eigenvalue weighted by Gasteiger charge is 2.14. The second-order valence-electron chi connectivity index (χ2n) is 3.83. The van der Waals surface area contributed by atoms with E-state index in [9.17, 15) is 0 Å². The minimum absolute atomic E-state index is 0.767. The zero-order chi connectivity index (χ0) is 12.4. The molecule has 0 atom stereocenters. The van der Waals surface area contributed by atoms with Crippen LogP contribution in [0.1, 0.15) is 18.9 Å². The quantitative estimate of drug-likeness (QED) is 0.909. The van der Waals surface area contributed by atoms with Crippen molar-refractivity contribution in [3.8, 4) is 5.75 Å². The first-order valence-electron chi connectivity index (χ1n) is 5.54. The van der Waals surface area contributed by atoms with Gasteiger partial charge in [0.2, 0.25) is 0 Å². The number of aryl methyl sites for hydroxylation is 1. The lowest BCUT2D eigenvalue weighted by molar-refractivity contribution is 0.419. The van der Waals surface area contributed by atoms with Gasteiger partial charge in [0.1, 0.15) is 11.3 Å². The van der Waals surface area contributed by atoms with Gasteiger partial charge in [-0.3, -0.25) is 0 Å². The molecular weight excluding hydrogens is 256 g/mol. The molecule has 0 saturated heterocycles. The van der Waals surface area contributed by atoms with E-state index in [1.165, 1.54) is 0 Å². The van der Waals surface area contributed by atoms with Crippen molar-refractivity contribution in [2.75, 3.05) is 19.0 Å². The Bertz CT molecular complexity index is 539. The Kier molecular flexibility index (Phi) is 3.74. The normalized spacial score (nSPS) is 10.8. The highest BCUT2D eigenvalue weighted by molar-refractivity contribution is 7.22. The zero-order valence-electron chi connectivity index (χ0n) is 10.1. The highest BCUT2D eigenvalue weighted by Crippen LogP contribution is 2.39. The molecule has 92 valence electrons. The largest absolute Gasteiger partial charge is 0.494 e. The first kappa shape index (κ1) is 12.5. The molecule has 2 rings (SSSR count). The van der Waals surface area contributed by atoms with Crippen LogP contribution in [-0.2, 0) is 0 Å². The van der Waals surface area contributed by atoms with Gasteiger partial charge in [0.15, 0.2) is 5.13 Å². The van der Waals surface area contributed by atoms with Crippen molar-refractivity contribution in [1.82, 2.24) is 4.98 Å². The Morgan fingerprint density at radius 1 is 1.53 bits per heavy atom. The Morgan fingerprint density at radius 3 is 2.94 bits per heavy atom. The number of fused-ring (bicyclic) bond motifs is 1. The molecule has 0 radical (unpaired) electrons. The van der Waals surface area contributed by atoms with E-state index in [0.717, 1.165) is 44.6 Å². The van der Waals surface area contributed by atoms with Crippen LogP contribution in [0, 0.1) is 6.92 Å². The molecule has 0 aliphatic rings. The number of methoxy groups -OCH3 is 1. The van der Waals surface area contributed by atoms with E-state index in [-0.39, 0.29) is 0 Å². The first-order chi connectivity index (χ1) is 8.17. The van der Waals surface area contributed by atoms with E-state index in [1.54, 1.807) is 18.4 Å². The lowest BCUT2D eigenvalue weighted by Crippen LogP contribution is -1.98. The minimum atomic E-state index is 0.767. The molecule has 0 amide bonds. The smallest absolute Gasteiger partial charge is 0.183 e. The summed E-state index contributed by atoms with van der Waals surface area (Å²) < 4.78 is 6.33. The Labute approximate surface area is 110 Å². The van der Waals surface area contributed by atoms with E-state index >= 15 is 0 Å². The average Bonchev–Trinajstić information content (AvgIpc) is 2.75. The molecular formula is C12H15ClN2OS. The van der Waals surface area contributed by atoms with Crippen molar-refractivity contribution < 1.29 is 4.74 Å². The molecule has 3 nitrogen and oxygen atoms in total. The predicted molar refractivity (Wildman–Crippen MR) is 74.7 cm³/mol. The number of halogens is 1. The number of hydrogen-bond acceptors (Lipinski definition) is 4. The Balaban J connectivity index is 2.54. The van der Waals surface area contributed by atoms with Gasteiger partial charge in [-0.2, -0.15) is 0 Å². The van der Waals surface area contributed by atoms with E-state index in [2.05, 4.69) is 17.2 Å². The topological polar surface area (TPSA) is 34.2 Å². The molecule has 0 bridgehead atoms. The number of anilines is 1. The number of nitrogens with zero attached hydrogens (tertiary/aromatic N) is 1. The fraction of sp³-hybridized carbons (Fsp3) is 0.417. The van der Waals surface area contributed by atoms with Crippen LogP contribution in [0.15, 0.2) is 6.07 Å². The number of ether oxygens (including phenoxy) is 1. The monoisotopic (exact) mass is 270 g/mol. The summed E-state index contributed by atoms with van der Waals surface area (Å²) in [4.78, 5) is 4.52. The molecule has 1 heterocycles. The summed E-state index contributed by atoms with van der Waals surface area (Å²) in [5, 5.41) is 4.94. The van der Waals surface area contributed by atoms with Gasteiger partial charge in [0.05, 0.1) is 16.8 Å². The molecule has 0 saturated carbocycles. The Morgan fingerprint density at radius 2 is 2.29 bits per heavy atom. The molecule has 0 aliphatic heterocycles. The van der Waals surface area contributed by atoms with Crippen molar-refractivity contribution in [3.63, 3.8) is 0 Å². The van der Waals surface area contributed by atoms with Gasteiger partial charge in [-0.1, -0.05) is 29.9 Å². The summed E-state index contributed by atoms with van der Waals surface area (Å²) in [6.07, 6.45) is 1.07. The third-order valence-electron chi connectivity index (χ3n) is 2.50. The maximum Gasteiger partial charge on any atom is 0.183 e. The van der Waals surface area contributed by atoms with E-state index in [4.69, 9.17) is 16.3 Å². The van der Waals surface area contributed by atoms with Crippen molar-refractivity contribution in [3.05, 3.63) is 16.7 Å². The molecule has 0 aliphatic carbocycles. The average molecular weight is 271 g/mol. The molecule has 1 N–H and O–H groups in total. The van der Waals surface area contributed by atoms with Gasteiger partial charge in [-0.15, -0.1) is 0 Å². The van der Waals surface area contributed by atoms with Gasteiger partial charge in [0.25, 0.3) is 0 Å². The zero-order valence-corrected chi connectivity index (χ0v) is 11.7. The Hall–Kier alpha value is -1.000. The second kappa shape index (κ2) is 5.10.